The molecule has 126 valence electrons. The number of carbonyl (C=O) groups excluding carboxylic acids is 1. The number of allylic oxidation sites excluding steroid dienone is 1. The van der Waals surface area contributed by atoms with Gasteiger partial charge in [0, 0.05) is 25.3 Å². The zero-order valence-electron chi connectivity index (χ0n) is 14.7. The van der Waals surface area contributed by atoms with Crippen LogP contribution in [0.2, 0.25) is 0 Å². The number of carbonyl (C=O) groups is 1. The predicted molar refractivity (Wildman–Crippen MR) is 105 cm³/mol. The van der Waals surface area contributed by atoms with E-state index in [9.17, 15) is 4.79 Å². The van der Waals surface area contributed by atoms with Crippen molar-refractivity contribution in [2.75, 3.05) is 26.1 Å². The highest BCUT2D eigenvalue weighted by Crippen LogP contribution is 2.22. The first-order valence-electron chi connectivity index (χ1n) is 8.14. The summed E-state index contributed by atoms with van der Waals surface area (Å²) in [6.45, 7) is 0. The molecular formula is C22H21NO2. The number of ether oxygens (including phenoxy) is 1. The molecule has 0 aliphatic carbocycles. The maximum Gasteiger partial charge on any atom is 0.185 e. The predicted octanol–water partition coefficient (Wildman–Crippen LogP) is 4.81. The highest BCUT2D eigenvalue weighted by atomic mass is 16.5. The number of nitrogens with zero attached hydrogens (tertiary/aromatic N) is 1. The van der Waals surface area contributed by atoms with Crippen LogP contribution in [0.1, 0.15) is 15.9 Å². The first-order chi connectivity index (χ1) is 12.1. The summed E-state index contributed by atoms with van der Waals surface area (Å²) in [5.74, 6) is 0.840. The van der Waals surface area contributed by atoms with Gasteiger partial charge in [-0.15, -0.1) is 0 Å². The van der Waals surface area contributed by atoms with Gasteiger partial charge in [0.1, 0.15) is 5.75 Å². The molecule has 0 heterocycles. The van der Waals surface area contributed by atoms with Gasteiger partial charge < -0.3 is 9.64 Å². The fourth-order valence-electron chi connectivity index (χ4n) is 2.66. The second-order valence-electron chi connectivity index (χ2n) is 6.11. The summed E-state index contributed by atoms with van der Waals surface area (Å²) in [5.41, 5.74) is 2.76. The standard InChI is InChI=1S/C22H21NO2/c1-23(2)20-10-7-17(8-11-20)22(24)13-5-16-4-6-19-15-21(25-3)12-9-18(19)14-16/h4-15H,1-3H3/b13-5+. The average molecular weight is 331 g/mol. The van der Waals surface area contributed by atoms with E-state index in [1.54, 1.807) is 13.2 Å². The van der Waals surface area contributed by atoms with Gasteiger partial charge in [-0.05, 0) is 64.9 Å². The van der Waals surface area contributed by atoms with Crippen LogP contribution in [0.15, 0.2) is 66.7 Å². The molecule has 0 radical (unpaired) electrons. The molecule has 0 aliphatic rings. The molecule has 0 spiro atoms. The van der Waals surface area contributed by atoms with E-state index >= 15 is 0 Å². The number of rotatable bonds is 5. The van der Waals surface area contributed by atoms with Gasteiger partial charge in [-0.1, -0.05) is 24.3 Å². The van der Waals surface area contributed by atoms with Gasteiger partial charge in [0.2, 0.25) is 0 Å². The smallest absolute Gasteiger partial charge is 0.185 e. The van der Waals surface area contributed by atoms with Crippen molar-refractivity contribution in [2.24, 2.45) is 0 Å². The topological polar surface area (TPSA) is 29.5 Å². The molecule has 0 bridgehead atoms. The van der Waals surface area contributed by atoms with Gasteiger partial charge in [0.25, 0.3) is 0 Å². The molecule has 0 aliphatic heterocycles. The van der Waals surface area contributed by atoms with E-state index in [-0.39, 0.29) is 5.78 Å². The van der Waals surface area contributed by atoms with Crippen LogP contribution in [0.5, 0.6) is 5.75 Å². The normalized spacial score (nSPS) is 11.0. The third-order valence-corrected chi connectivity index (χ3v) is 4.17. The average Bonchev–Trinajstić information content (AvgIpc) is 2.65. The highest BCUT2D eigenvalue weighted by Gasteiger charge is 2.03. The Morgan fingerprint density at radius 1 is 0.920 bits per heavy atom. The Bertz CT molecular complexity index is 924. The zero-order valence-corrected chi connectivity index (χ0v) is 14.7. The van der Waals surface area contributed by atoms with Crippen molar-refractivity contribution in [1.82, 2.24) is 0 Å². The van der Waals surface area contributed by atoms with E-state index in [0.717, 1.165) is 27.8 Å². The number of hydrogen-bond acceptors (Lipinski definition) is 3. The van der Waals surface area contributed by atoms with Crippen LogP contribution >= 0.6 is 0 Å². The Kier molecular flexibility index (Phi) is 4.85. The molecule has 0 atom stereocenters. The van der Waals surface area contributed by atoms with Crippen molar-refractivity contribution in [2.45, 2.75) is 0 Å². The first-order valence-corrected chi connectivity index (χ1v) is 8.14. The molecule has 0 amide bonds. The van der Waals surface area contributed by atoms with Crippen molar-refractivity contribution in [3.63, 3.8) is 0 Å². The van der Waals surface area contributed by atoms with Gasteiger partial charge >= 0.3 is 0 Å². The lowest BCUT2D eigenvalue weighted by molar-refractivity contribution is 0.104. The highest BCUT2D eigenvalue weighted by molar-refractivity contribution is 6.07. The molecule has 0 unspecified atom stereocenters. The van der Waals surface area contributed by atoms with Gasteiger partial charge in [0.05, 0.1) is 7.11 Å². The van der Waals surface area contributed by atoms with Crippen LogP contribution in [0.25, 0.3) is 16.8 Å². The lowest BCUT2D eigenvalue weighted by Crippen LogP contribution is -2.08. The summed E-state index contributed by atoms with van der Waals surface area (Å²) in [7, 11) is 5.62. The maximum atomic E-state index is 12.3. The number of methoxy groups -OCH3 is 1. The summed E-state index contributed by atoms with van der Waals surface area (Å²) in [4.78, 5) is 14.3. The molecule has 0 saturated heterocycles. The third kappa shape index (κ3) is 3.89. The minimum atomic E-state index is 0.000124. The van der Waals surface area contributed by atoms with E-state index in [2.05, 4.69) is 6.07 Å². The van der Waals surface area contributed by atoms with Crippen LogP contribution in [0.4, 0.5) is 5.69 Å². The van der Waals surface area contributed by atoms with E-state index in [1.165, 1.54) is 0 Å². The van der Waals surface area contributed by atoms with Crippen molar-refractivity contribution < 1.29 is 9.53 Å². The van der Waals surface area contributed by atoms with Crippen molar-refractivity contribution >= 4 is 28.3 Å². The number of benzene rings is 3. The van der Waals surface area contributed by atoms with Gasteiger partial charge in [-0.3, -0.25) is 4.79 Å². The number of hydrogen-bond donors (Lipinski definition) is 0. The minimum Gasteiger partial charge on any atom is -0.497 e. The summed E-state index contributed by atoms with van der Waals surface area (Å²) < 4.78 is 5.24. The molecule has 0 aromatic heterocycles. The lowest BCUT2D eigenvalue weighted by atomic mass is 10.0. The van der Waals surface area contributed by atoms with E-state index < -0.39 is 0 Å². The zero-order chi connectivity index (χ0) is 17.8. The molecule has 0 fully saturated rings. The first kappa shape index (κ1) is 16.8. The fraction of sp³-hybridized carbons (Fsp3) is 0.136. The summed E-state index contributed by atoms with van der Waals surface area (Å²) in [6, 6.07) is 19.7. The molecule has 3 aromatic carbocycles. The van der Waals surface area contributed by atoms with Crippen molar-refractivity contribution in [1.29, 1.82) is 0 Å². The number of anilines is 1. The van der Waals surface area contributed by atoms with Crippen LogP contribution in [0, 0.1) is 0 Å². The molecule has 3 aromatic rings. The monoisotopic (exact) mass is 331 g/mol. The Labute approximate surface area is 148 Å². The molecule has 0 saturated carbocycles. The van der Waals surface area contributed by atoms with Gasteiger partial charge in [0.15, 0.2) is 5.78 Å². The Hall–Kier alpha value is -3.07. The molecule has 3 rings (SSSR count). The third-order valence-electron chi connectivity index (χ3n) is 4.17. The van der Waals surface area contributed by atoms with Crippen molar-refractivity contribution in [3.8, 4) is 5.75 Å². The number of fused-ring (bicyclic) bond motifs is 1. The van der Waals surface area contributed by atoms with E-state index in [0.29, 0.717) is 5.56 Å². The van der Waals surface area contributed by atoms with Crippen LogP contribution in [-0.2, 0) is 0 Å². The summed E-state index contributed by atoms with van der Waals surface area (Å²) in [6.07, 6.45) is 3.47. The molecule has 0 N–H and O–H groups in total. The van der Waals surface area contributed by atoms with E-state index in [4.69, 9.17) is 4.74 Å². The quantitative estimate of drug-likeness (QED) is 0.496. The Morgan fingerprint density at radius 2 is 1.60 bits per heavy atom. The molecule has 3 nitrogen and oxygen atoms in total. The Morgan fingerprint density at radius 3 is 2.28 bits per heavy atom. The van der Waals surface area contributed by atoms with Crippen LogP contribution < -0.4 is 9.64 Å². The molecule has 25 heavy (non-hydrogen) atoms. The minimum absolute atomic E-state index is 0.000124. The van der Waals surface area contributed by atoms with Crippen LogP contribution in [-0.4, -0.2) is 27.0 Å². The molecular weight excluding hydrogens is 310 g/mol. The largest absolute Gasteiger partial charge is 0.497 e. The van der Waals surface area contributed by atoms with Crippen LogP contribution in [0.3, 0.4) is 0 Å². The summed E-state index contributed by atoms with van der Waals surface area (Å²) >= 11 is 0. The van der Waals surface area contributed by atoms with E-state index in [1.807, 2.05) is 79.7 Å². The van der Waals surface area contributed by atoms with Gasteiger partial charge in [-0.2, -0.15) is 0 Å². The van der Waals surface area contributed by atoms with Gasteiger partial charge in [-0.25, -0.2) is 0 Å². The summed E-state index contributed by atoms with van der Waals surface area (Å²) in [5, 5.41) is 2.23. The second kappa shape index (κ2) is 7.22. The Balaban J connectivity index is 1.78. The second-order valence-corrected chi connectivity index (χ2v) is 6.11. The number of ketones is 1. The van der Waals surface area contributed by atoms with Crippen molar-refractivity contribution in [3.05, 3.63) is 77.9 Å². The maximum absolute atomic E-state index is 12.3. The fourth-order valence-corrected chi connectivity index (χ4v) is 2.66. The molecule has 3 heteroatoms. The SMILES string of the molecule is COc1ccc2cc(/C=C/C(=O)c3ccc(N(C)C)cc3)ccc2c1. The lowest BCUT2D eigenvalue weighted by Gasteiger charge is -2.11.